The van der Waals surface area contributed by atoms with Gasteiger partial charge in [-0.25, -0.2) is 0 Å². The molecule has 0 aliphatic carbocycles. The van der Waals surface area contributed by atoms with Crippen molar-refractivity contribution in [2.24, 2.45) is 0 Å². The standard InChI is InChI=1S/C15H21NO3/c1-2-3-4-5-10-8-12(17)15(13(18)9-10)11-6-7-14(19)16-11/h8-9,11,17-18H,2-7H2,1H3,(H,16,19). The quantitative estimate of drug-likeness (QED) is 0.715. The first kappa shape index (κ1) is 13.7. The van der Waals surface area contributed by atoms with Gasteiger partial charge < -0.3 is 15.5 Å². The van der Waals surface area contributed by atoms with Crippen LogP contribution < -0.4 is 5.32 Å². The van der Waals surface area contributed by atoms with Crippen LogP contribution in [0.1, 0.15) is 56.2 Å². The topological polar surface area (TPSA) is 69.6 Å². The van der Waals surface area contributed by atoms with Crippen LogP contribution in [0, 0.1) is 0 Å². The van der Waals surface area contributed by atoms with E-state index in [0.717, 1.165) is 31.2 Å². The van der Waals surface area contributed by atoms with E-state index >= 15 is 0 Å². The van der Waals surface area contributed by atoms with Gasteiger partial charge >= 0.3 is 0 Å². The second-order valence-corrected chi connectivity index (χ2v) is 5.16. The zero-order chi connectivity index (χ0) is 13.8. The number of amides is 1. The van der Waals surface area contributed by atoms with Gasteiger partial charge in [-0.3, -0.25) is 4.79 Å². The second kappa shape index (κ2) is 5.95. The zero-order valence-electron chi connectivity index (χ0n) is 11.3. The molecule has 1 atom stereocenters. The first-order chi connectivity index (χ1) is 9.11. The average Bonchev–Trinajstić information content (AvgIpc) is 2.75. The molecule has 1 heterocycles. The van der Waals surface area contributed by atoms with Crippen molar-refractivity contribution < 1.29 is 15.0 Å². The zero-order valence-corrected chi connectivity index (χ0v) is 11.3. The molecule has 1 fully saturated rings. The molecule has 0 spiro atoms. The van der Waals surface area contributed by atoms with Crippen molar-refractivity contribution in [3.63, 3.8) is 0 Å². The number of aryl methyl sites for hydroxylation is 1. The van der Waals surface area contributed by atoms with Crippen molar-refractivity contribution in [3.8, 4) is 11.5 Å². The molecule has 1 saturated heterocycles. The maximum atomic E-state index is 11.2. The van der Waals surface area contributed by atoms with Gasteiger partial charge in [0.2, 0.25) is 5.91 Å². The van der Waals surface area contributed by atoms with Gasteiger partial charge in [-0.15, -0.1) is 0 Å². The molecule has 0 saturated carbocycles. The van der Waals surface area contributed by atoms with Crippen LogP contribution >= 0.6 is 0 Å². The first-order valence-electron chi connectivity index (χ1n) is 6.96. The van der Waals surface area contributed by atoms with Crippen LogP contribution in [0.25, 0.3) is 0 Å². The van der Waals surface area contributed by atoms with Crippen LogP contribution in [0.5, 0.6) is 11.5 Å². The van der Waals surface area contributed by atoms with Gasteiger partial charge in [-0.2, -0.15) is 0 Å². The van der Waals surface area contributed by atoms with Gasteiger partial charge in [0.25, 0.3) is 0 Å². The van der Waals surface area contributed by atoms with Crippen LogP contribution in [0.3, 0.4) is 0 Å². The number of benzene rings is 1. The maximum Gasteiger partial charge on any atom is 0.220 e. The van der Waals surface area contributed by atoms with Crippen LogP contribution in [0.2, 0.25) is 0 Å². The summed E-state index contributed by atoms with van der Waals surface area (Å²) >= 11 is 0. The fourth-order valence-electron chi connectivity index (χ4n) is 2.59. The van der Waals surface area contributed by atoms with E-state index in [-0.39, 0.29) is 23.4 Å². The molecular formula is C15H21NO3. The Balaban J connectivity index is 2.15. The van der Waals surface area contributed by atoms with Crippen molar-refractivity contribution in [2.75, 3.05) is 0 Å². The van der Waals surface area contributed by atoms with E-state index in [9.17, 15) is 15.0 Å². The number of phenolic OH excluding ortho intramolecular Hbond substituents is 2. The van der Waals surface area contributed by atoms with E-state index in [1.807, 2.05) is 0 Å². The van der Waals surface area contributed by atoms with Gasteiger partial charge in [-0.05, 0) is 37.0 Å². The molecule has 1 aromatic carbocycles. The monoisotopic (exact) mass is 263 g/mol. The highest BCUT2D eigenvalue weighted by Gasteiger charge is 2.27. The van der Waals surface area contributed by atoms with Crippen molar-refractivity contribution in [3.05, 3.63) is 23.3 Å². The number of unbranched alkanes of at least 4 members (excludes halogenated alkanes) is 2. The van der Waals surface area contributed by atoms with Crippen molar-refractivity contribution in [2.45, 2.75) is 51.5 Å². The lowest BCUT2D eigenvalue weighted by molar-refractivity contribution is -0.119. The van der Waals surface area contributed by atoms with Crippen LogP contribution in [-0.2, 0) is 11.2 Å². The van der Waals surface area contributed by atoms with Crippen LogP contribution in [0.15, 0.2) is 12.1 Å². The third-order valence-electron chi connectivity index (χ3n) is 3.61. The van der Waals surface area contributed by atoms with E-state index < -0.39 is 0 Å². The minimum Gasteiger partial charge on any atom is -0.507 e. The highest BCUT2D eigenvalue weighted by Crippen LogP contribution is 2.38. The number of rotatable bonds is 5. The van der Waals surface area contributed by atoms with Gasteiger partial charge in [0, 0.05) is 6.42 Å². The Labute approximate surface area is 113 Å². The number of hydrogen-bond donors (Lipinski definition) is 3. The molecule has 1 aliphatic rings. The lowest BCUT2D eigenvalue weighted by Crippen LogP contribution is -2.18. The predicted molar refractivity (Wildman–Crippen MR) is 73.1 cm³/mol. The minimum atomic E-state index is -0.266. The SMILES string of the molecule is CCCCCc1cc(O)c(C2CCC(=O)N2)c(O)c1. The van der Waals surface area contributed by atoms with Crippen LogP contribution in [0.4, 0.5) is 0 Å². The Morgan fingerprint density at radius 2 is 1.95 bits per heavy atom. The van der Waals surface area contributed by atoms with Crippen molar-refractivity contribution in [1.29, 1.82) is 0 Å². The average molecular weight is 263 g/mol. The molecule has 19 heavy (non-hydrogen) atoms. The summed E-state index contributed by atoms with van der Waals surface area (Å²) in [6.45, 7) is 2.14. The Hall–Kier alpha value is -1.71. The van der Waals surface area contributed by atoms with Gasteiger partial charge in [0.1, 0.15) is 11.5 Å². The number of nitrogens with one attached hydrogen (secondary N) is 1. The molecule has 4 nitrogen and oxygen atoms in total. The maximum absolute atomic E-state index is 11.2. The molecule has 0 radical (unpaired) electrons. The summed E-state index contributed by atoms with van der Waals surface area (Å²) in [5.41, 5.74) is 1.39. The first-order valence-corrected chi connectivity index (χ1v) is 6.96. The third-order valence-corrected chi connectivity index (χ3v) is 3.61. The molecule has 1 amide bonds. The van der Waals surface area contributed by atoms with Gasteiger partial charge in [0.05, 0.1) is 11.6 Å². The third kappa shape index (κ3) is 3.19. The molecule has 4 heteroatoms. The minimum absolute atomic E-state index is 0.0316. The van der Waals surface area contributed by atoms with Gasteiger partial charge in [-0.1, -0.05) is 19.8 Å². The molecule has 2 rings (SSSR count). The molecule has 1 aliphatic heterocycles. The Morgan fingerprint density at radius 1 is 1.26 bits per heavy atom. The summed E-state index contributed by atoms with van der Waals surface area (Å²) < 4.78 is 0. The number of hydrogen-bond acceptors (Lipinski definition) is 3. The Kier molecular flexibility index (Phi) is 4.30. The summed E-state index contributed by atoms with van der Waals surface area (Å²) in [4.78, 5) is 11.2. The number of carbonyl (C=O) groups excluding carboxylic acids is 1. The highest BCUT2D eigenvalue weighted by atomic mass is 16.3. The molecule has 3 N–H and O–H groups in total. The van der Waals surface area contributed by atoms with E-state index in [0.29, 0.717) is 18.4 Å². The number of aromatic hydroxyl groups is 2. The Bertz CT molecular complexity index is 447. The fourth-order valence-corrected chi connectivity index (χ4v) is 2.59. The highest BCUT2D eigenvalue weighted by molar-refractivity contribution is 5.79. The molecule has 0 bridgehead atoms. The lowest BCUT2D eigenvalue weighted by atomic mass is 9.98. The van der Waals surface area contributed by atoms with Crippen LogP contribution in [-0.4, -0.2) is 16.1 Å². The summed E-state index contributed by atoms with van der Waals surface area (Å²) in [6.07, 6.45) is 5.25. The lowest BCUT2D eigenvalue weighted by Gasteiger charge is -2.15. The fraction of sp³-hybridized carbons (Fsp3) is 0.533. The molecular weight excluding hydrogens is 242 g/mol. The summed E-state index contributed by atoms with van der Waals surface area (Å²) in [6, 6.07) is 3.14. The van der Waals surface area contributed by atoms with E-state index in [4.69, 9.17) is 0 Å². The van der Waals surface area contributed by atoms with Crippen molar-refractivity contribution in [1.82, 2.24) is 5.32 Å². The smallest absolute Gasteiger partial charge is 0.220 e. The number of carbonyl (C=O) groups is 1. The number of phenols is 2. The van der Waals surface area contributed by atoms with Gasteiger partial charge in [0.15, 0.2) is 0 Å². The summed E-state index contributed by atoms with van der Waals surface area (Å²) in [7, 11) is 0. The summed E-state index contributed by atoms with van der Waals surface area (Å²) in [5.74, 6) is 0.133. The molecule has 104 valence electrons. The van der Waals surface area contributed by atoms with Crippen molar-refractivity contribution >= 4 is 5.91 Å². The largest absolute Gasteiger partial charge is 0.507 e. The van der Waals surface area contributed by atoms with E-state index in [1.165, 1.54) is 0 Å². The summed E-state index contributed by atoms with van der Waals surface area (Å²) in [5, 5.41) is 22.9. The molecule has 1 unspecified atom stereocenters. The predicted octanol–water partition coefficient (Wildman–Crippen LogP) is 2.78. The second-order valence-electron chi connectivity index (χ2n) is 5.16. The molecule has 0 aromatic heterocycles. The Morgan fingerprint density at radius 3 is 2.47 bits per heavy atom. The normalized spacial score (nSPS) is 18.6. The van der Waals surface area contributed by atoms with E-state index in [1.54, 1.807) is 12.1 Å². The molecule has 1 aromatic rings. The van der Waals surface area contributed by atoms with E-state index in [2.05, 4.69) is 12.2 Å².